The van der Waals surface area contributed by atoms with E-state index < -0.39 is 0 Å². The summed E-state index contributed by atoms with van der Waals surface area (Å²) in [5, 5.41) is 0. The van der Waals surface area contributed by atoms with Crippen LogP contribution in [0.2, 0.25) is 0 Å². The summed E-state index contributed by atoms with van der Waals surface area (Å²) in [7, 11) is 0. The van der Waals surface area contributed by atoms with Crippen LogP contribution in [0.15, 0.2) is 54.6 Å². The van der Waals surface area contributed by atoms with E-state index in [9.17, 15) is 4.79 Å². The fraction of sp³-hybridized carbons (Fsp3) is 0.480. The topological polar surface area (TPSA) is 42.0 Å². The van der Waals surface area contributed by atoms with Crippen molar-refractivity contribution in [2.75, 3.05) is 32.7 Å². The summed E-state index contributed by atoms with van der Waals surface area (Å²) < 4.78 is 11.7. The maximum atomic E-state index is 12.9. The number of amides is 1. The van der Waals surface area contributed by atoms with Gasteiger partial charge in [-0.2, -0.15) is 0 Å². The van der Waals surface area contributed by atoms with Crippen LogP contribution < -0.4 is 4.74 Å². The molecule has 5 nitrogen and oxygen atoms in total. The summed E-state index contributed by atoms with van der Waals surface area (Å²) in [5.74, 6) is 2.31. The van der Waals surface area contributed by atoms with Crippen LogP contribution in [0.4, 0.5) is 0 Å². The maximum absolute atomic E-state index is 12.9. The summed E-state index contributed by atoms with van der Waals surface area (Å²) in [5.41, 5.74) is 0.727. The van der Waals surface area contributed by atoms with Crippen LogP contribution in [0.25, 0.3) is 0 Å². The first-order valence-corrected chi connectivity index (χ1v) is 11.1. The van der Waals surface area contributed by atoms with Crippen LogP contribution in [0, 0.1) is 5.92 Å². The van der Waals surface area contributed by atoms with Gasteiger partial charge in [0.05, 0.1) is 12.2 Å². The van der Waals surface area contributed by atoms with Crippen molar-refractivity contribution in [2.24, 2.45) is 5.92 Å². The predicted octanol–water partition coefficient (Wildman–Crippen LogP) is 4.44. The molecule has 0 N–H and O–H groups in total. The third kappa shape index (κ3) is 5.41. The second kappa shape index (κ2) is 9.63. The van der Waals surface area contributed by atoms with E-state index in [4.69, 9.17) is 9.47 Å². The molecule has 0 aromatic heterocycles. The number of carbonyl (C=O) groups is 1. The molecule has 2 aromatic carbocycles. The minimum absolute atomic E-state index is 0.119. The second-order valence-electron chi connectivity index (χ2n) is 8.65. The summed E-state index contributed by atoms with van der Waals surface area (Å²) in [6.45, 7) is 9.12. The fourth-order valence-corrected chi connectivity index (χ4v) is 4.59. The van der Waals surface area contributed by atoms with Crippen molar-refractivity contribution in [3.05, 3.63) is 60.2 Å². The molecule has 0 radical (unpaired) electrons. The van der Waals surface area contributed by atoms with Crippen molar-refractivity contribution in [2.45, 2.75) is 38.9 Å². The zero-order chi connectivity index (χ0) is 20.9. The number of benzene rings is 2. The lowest BCUT2D eigenvalue weighted by molar-refractivity contribution is -0.0728. The molecule has 0 aliphatic carbocycles. The van der Waals surface area contributed by atoms with E-state index >= 15 is 0 Å². The molecule has 2 atom stereocenters. The van der Waals surface area contributed by atoms with Gasteiger partial charge in [0.15, 0.2) is 0 Å². The van der Waals surface area contributed by atoms with Crippen LogP contribution in [0.3, 0.4) is 0 Å². The number of likely N-dealkylation sites (tertiary alicyclic amines) is 1. The molecule has 30 heavy (non-hydrogen) atoms. The fourth-order valence-electron chi connectivity index (χ4n) is 4.59. The predicted molar refractivity (Wildman–Crippen MR) is 118 cm³/mol. The molecular weight excluding hydrogens is 376 g/mol. The number of hydrogen-bond acceptors (Lipinski definition) is 4. The van der Waals surface area contributed by atoms with Crippen molar-refractivity contribution in [1.82, 2.24) is 9.80 Å². The van der Waals surface area contributed by atoms with Crippen LogP contribution in [0.5, 0.6) is 11.5 Å². The number of hydrogen-bond donors (Lipinski definition) is 0. The molecule has 2 aliphatic heterocycles. The molecule has 2 saturated heterocycles. The molecule has 2 aliphatic rings. The number of nitrogens with zero attached hydrogens (tertiary/aromatic N) is 2. The lowest BCUT2D eigenvalue weighted by Crippen LogP contribution is -2.48. The van der Waals surface area contributed by atoms with E-state index in [0.717, 1.165) is 62.6 Å². The molecule has 2 unspecified atom stereocenters. The Morgan fingerprint density at radius 2 is 1.53 bits per heavy atom. The van der Waals surface area contributed by atoms with Gasteiger partial charge in [0.25, 0.3) is 5.91 Å². The van der Waals surface area contributed by atoms with Gasteiger partial charge >= 0.3 is 0 Å². The van der Waals surface area contributed by atoms with Gasteiger partial charge in [-0.25, -0.2) is 0 Å². The first-order valence-electron chi connectivity index (χ1n) is 11.1. The van der Waals surface area contributed by atoms with Crippen molar-refractivity contribution >= 4 is 5.91 Å². The molecule has 5 heteroatoms. The van der Waals surface area contributed by atoms with E-state index in [0.29, 0.717) is 18.1 Å². The van der Waals surface area contributed by atoms with E-state index in [1.807, 2.05) is 59.5 Å². The monoisotopic (exact) mass is 408 g/mol. The largest absolute Gasteiger partial charge is 0.457 e. The molecule has 1 amide bonds. The first kappa shape index (κ1) is 20.9. The molecule has 160 valence electrons. The SMILES string of the molecule is CC1CN(CC2CCN(C(=O)c3ccc(Oc4ccccc4)cc3)CC2)CC(C)O1. The van der Waals surface area contributed by atoms with Gasteiger partial charge < -0.3 is 14.4 Å². The van der Waals surface area contributed by atoms with E-state index in [1.165, 1.54) is 0 Å². The Kier molecular flexibility index (Phi) is 6.70. The maximum Gasteiger partial charge on any atom is 0.253 e. The highest BCUT2D eigenvalue weighted by Gasteiger charge is 2.28. The Balaban J connectivity index is 1.27. The highest BCUT2D eigenvalue weighted by molar-refractivity contribution is 5.94. The minimum atomic E-state index is 0.119. The average Bonchev–Trinajstić information content (AvgIpc) is 2.74. The number of rotatable bonds is 5. The number of piperidine rings is 1. The Bertz CT molecular complexity index is 806. The van der Waals surface area contributed by atoms with Gasteiger partial charge in [-0.3, -0.25) is 9.69 Å². The molecule has 0 bridgehead atoms. The zero-order valence-electron chi connectivity index (χ0n) is 18.0. The minimum Gasteiger partial charge on any atom is -0.457 e. The van der Waals surface area contributed by atoms with E-state index in [2.05, 4.69) is 18.7 Å². The molecule has 2 heterocycles. The first-order chi connectivity index (χ1) is 14.6. The van der Waals surface area contributed by atoms with Gasteiger partial charge in [0, 0.05) is 38.3 Å². The Hall–Kier alpha value is -2.37. The lowest BCUT2D eigenvalue weighted by Gasteiger charge is -2.39. The smallest absolute Gasteiger partial charge is 0.253 e. The summed E-state index contributed by atoms with van der Waals surface area (Å²) in [4.78, 5) is 17.4. The normalized spacial score (nSPS) is 23.3. The van der Waals surface area contributed by atoms with Gasteiger partial charge in [0.1, 0.15) is 11.5 Å². The number of carbonyl (C=O) groups excluding carboxylic acids is 1. The van der Waals surface area contributed by atoms with Gasteiger partial charge in [-0.15, -0.1) is 0 Å². The third-order valence-electron chi connectivity index (χ3n) is 5.99. The summed E-state index contributed by atoms with van der Waals surface area (Å²) >= 11 is 0. The van der Waals surface area contributed by atoms with Crippen molar-refractivity contribution in [3.63, 3.8) is 0 Å². The van der Waals surface area contributed by atoms with Crippen molar-refractivity contribution in [3.8, 4) is 11.5 Å². The van der Waals surface area contributed by atoms with Gasteiger partial charge in [-0.1, -0.05) is 18.2 Å². The van der Waals surface area contributed by atoms with Crippen molar-refractivity contribution in [1.29, 1.82) is 0 Å². The molecule has 2 aromatic rings. The Labute approximate surface area is 179 Å². The highest BCUT2D eigenvalue weighted by Crippen LogP contribution is 2.24. The van der Waals surface area contributed by atoms with Gasteiger partial charge in [0.2, 0.25) is 0 Å². The van der Waals surface area contributed by atoms with Crippen molar-refractivity contribution < 1.29 is 14.3 Å². The van der Waals surface area contributed by atoms with E-state index in [1.54, 1.807) is 0 Å². The molecule has 0 saturated carbocycles. The second-order valence-corrected chi connectivity index (χ2v) is 8.65. The highest BCUT2D eigenvalue weighted by atomic mass is 16.5. The Morgan fingerprint density at radius 1 is 0.933 bits per heavy atom. The van der Waals surface area contributed by atoms with E-state index in [-0.39, 0.29) is 5.91 Å². The van der Waals surface area contributed by atoms with Crippen LogP contribution in [-0.4, -0.2) is 60.6 Å². The van der Waals surface area contributed by atoms with Crippen LogP contribution in [0.1, 0.15) is 37.0 Å². The molecule has 0 spiro atoms. The van der Waals surface area contributed by atoms with Crippen LogP contribution in [-0.2, 0) is 4.74 Å². The molecule has 4 rings (SSSR count). The summed E-state index contributed by atoms with van der Waals surface area (Å²) in [6.07, 6.45) is 2.76. The lowest BCUT2D eigenvalue weighted by atomic mass is 9.95. The molecule has 2 fully saturated rings. The Morgan fingerprint density at radius 3 is 2.17 bits per heavy atom. The third-order valence-corrected chi connectivity index (χ3v) is 5.99. The summed E-state index contributed by atoms with van der Waals surface area (Å²) in [6, 6.07) is 17.1. The standard InChI is InChI=1S/C25H32N2O3/c1-19-16-26(17-20(2)29-19)18-21-12-14-27(15-13-21)25(28)22-8-10-24(11-9-22)30-23-6-4-3-5-7-23/h3-11,19-21H,12-18H2,1-2H3. The number of para-hydroxylation sites is 1. The quantitative estimate of drug-likeness (QED) is 0.734. The number of ether oxygens (including phenoxy) is 2. The zero-order valence-corrected chi connectivity index (χ0v) is 18.0. The van der Waals surface area contributed by atoms with Gasteiger partial charge in [-0.05, 0) is 69.0 Å². The average molecular weight is 409 g/mol. The van der Waals surface area contributed by atoms with Crippen LogP contribution >= 0.6 is 0 Å². The number of morpholine rings is 1. The molecular formula is C25H32N2O3.